The average Bonchev–Trinajstić information content (AvgIpc) is 2.63. The van der Waals surface area contributed by atoms with Crippen LogP contribution in [0.25, 0.3) is 0 Å². The average molecular weight is 263 g/mol. The molecule has 1 aliphatic rings. The van der Waals surface area contributed by atoms with Crippen LogP contribution in [-0.4, -0.2) is 38.6 Å². The molecule has 0 bridgehead atoms. The van der Waals surface area contributed by atoms with E-state index in [-0.39, 0.29) is 12.5 Å². The summed E-state index contributed by atoms with van der Waals surface area (Å²) in [5.74, 6) is -0.458. The highest BCUT2D eigenvalue weighted by atomic mass is 16.5. The Balaban J connectivity index is 2.31. The van der Waals surface area contributed by atoms with Crippen LogP contribution < -0.4 is 16.0 Å². The van der Waals surface area contributed by atoms with Gasteiger partial charge in [-0.1, -0.05) is 0 Å². The first-order valence-corrected chi connectivity index (χ1v) is 6.11. The Morgan fingerprint density at radius 2 is 2.26 bits per heavy atom. The molecule has 1 amide bonds. The summed E-state index contributed by atoms with van der Waals surface area (Å²) >= 11 is 0. The van der Waals surface area contributed by atoms with Crippen LogP contribution in [0.3, 0.4) is 0 Å². The van der Waals surface area contributed by atoms with Gasteiger partial charge in [0, 0.05) is 13.1 Å². The molecule has 0 saturated carbocycles. The minimum Gasteiger partial charge on any atom is -0.465 e. The second-order valence-electron chi connectivity index (χ2n) is 4.39. The van der Waals surface area contributed by atoms with Crippen molar-refractivity contribution in [1.82, 2.24) is 5.32 Å². The van der Waals surface area contributed by atoms with E-state index < -0.39 is 5.97 Å². The van der Waals surface area contributed by atoms with E-state index in [1.54, 1.807) is 18.2 Å². The van der Waals surface area contributed by atoms with E-state index in [0.29, 0.717) is 30.0 Å². The second kappa shape index (κ2) is 5.60. The van der Waals surface area contributed by atoms with E-state index in [1.807, 2.05) is 4.90 Å². The maximum atomic E-state index is 11.6. The van der Waals surface area contributed by atoms with Gasteiger partial charge in [0.15, 0.2) is 0 Å². The molecule has 0 unspecified atom stereocenters. The van der Waals surface area contributed by atoms with Crippen LogP contribution in [-0.2, 0) is 9.53 Å². The number of hydrogen-bond acceptors (Lipinski definition) is 5. The van der Waals surface area contributed by atoms with Gasteiger partial charge in [-0.25, -0.2) is 4.79 Å². The molecular formula is C13H17N3O3. The summed E-state index contributed by atoms with van der Waals surface area (Å²) in [5, 5.41) is 2.80. The van der Waals surface area contributed by atoms with Crippen LogP contribution in [0, 0.1) is 0 Å². The topological polar surface area (TPSA) is 84.7 Å². The lowest BCUT2D eigenvalue weighted by Gasteiger charge is -2.23. The van der Waals surface area contributed by atoms with Gasteiger partial charge in [-0.3, -0.25) is 4.79 Å². The molecular weight excluding hydrogens is 246 g/mol. The molecule has 1 aromatic rings. The third kappa shape index (κ3) is 2.96. The van der Waals surface area contributed by atoms with E-state index in [4.69, 9.17) is 5.73 Å². The zero-order valence-corrected chi connectivity index (χ0v) is 10.8. The predicted molar refractivity (Wildman–Crippen MR) is 72.0 cm³/mol. The summed E-state index contributed by atoms with van der Waals surface area (Å²) < 4.78 is 4.69. The zero-order valence-electron chi connectivity index (χ0n) is 10.8. The quantitative estimate of drug-likeness (QED) is 0.595. The largest absolute Gasteiger partial charge is 0.465 e. The van der Waals surface area contributed by atoms with Crippen molar-refractivity contribution in [3.63, 3.8) is 0 Å². The van der Waals surface area contributed by atoms with Gasteiger partial charge >= 0.3 is 5.97 Å². The van der Waals surface area contributed by atoms with Crippen molar-refractivity contribution in [2.45, 2.75) is 6.42 Å². The molecule has 0 spiro atoms. The molecule has 2 rings (SSSR count). The summed E-state index contributed by atoms with van der Waals surface area (Å²) in [5.41, 5.74) is 7.60. The van der Waals surface area contributed by atoms with Crippen molar-refractivity contribution >= 4 is 23.3 Å². The van der Waals surface area contributed by atoms with Gasteiger partial charge in [-0.15, -0.1) is 0 Å². The van der Waals surface area contributed by atoms with Crippen molar-refractivity contribution < 1.29 is 14.3 Å². The number of nitrogens with one attached hydrogen (secondary N) is 1. The molecule has 3 N–H and O–H groups in total. The fraction of sp³-hybridized carbons (Fsp3) is 0.385. The normalized spacial score (nSPS) is 15.6. The molecule has 1 heterocycles. The molecule has 0 radical (unpaired) electrons. The third-order valence-corrected chi connectivity index (χ3v) is 3.05. The van der Waals surface area contributed by atoms with Gasteiger partial charge < -0.3 is 20.7 Å². The van der Waals surface area contributed by atoms with Crippen LogP contribution in [0.4, 0.5) is 11.4 Å². The Kier molecular flexibility index (Phi) is 3.89. The number of nitrogens with two attached hydrogens (primary N) is 1. The van der Waals surface area contributed by atoms with E-state index in [9.17, 15) is 9.59 Å². The van der Waals surface area contributed by atoms with Gasteiger partial charge in [-0.2, -0.15) is 0 Å². The number of carbonyl (C=O) groups excluding carboxylic acids is 2. The smallest absolute Gasteiger partial charge is 0.337 e. The summed E-state index contributed by atoms with van der Waals surface area (Å²) in [6.45, 7) is 1.62. The molecule has 102 valence electrons. The predicted octanol–water partition coefficient (Wildman–Crippen LogP) is 0.382. The molecule has 0 aliphatic carbocycles. The molecule has 1 saturated heterocycles. The van der Waals surface area contributed by atoms with Gasteiger partial charge in [0.25, 0.3) is 0 Å². The lowest BCUT2D eigenvalue weighted by molar-refractivity contribution is -0.119. The summed E-state index contributed by atoms with van der Waals surface area (Å²) in [7, 11) is 1.33. The van der Waals surface area contributed by atoms with Gasteiger partial charge in [-0.05, 0) is 24.6 Å². The van der Waals surface area contributed by atoms with Crippen molar-refractivity contribution in [2.75, 3.05) is 37.4 Å². The van der Waals surface area contributed by atoms with Gasteiger partial charge in [0.1, 0.15) is 0 Å². The molecule has 19 heavy (non-hydrogen) atoms. The van der Waals surface area contributed by atoms with Crippen molar-refractivity contribution in [3.05, 3.63) is 23.8 Å². The van der Waals surface area contributed by atoms with Crippen LogP contribution in [0.5, 0.6) is 0 Å². The van der Waals surface area contributed by atoms with E-state index in [2.05, 4.69) is 10.1 Å². The molecule has 1 aliphatic heterocycles. The Hall–Kier alpha value is -2.24. The van der Waals surface area contributed by atoms with Crippen molar-refractivity contribution in [3.8, 4) is 0 Å². The molecule has 0 aromatic heterocycles. The highest BCUT2D eigenvalue weighted by Crippen LogP contribution is 2.25. The van der Waals surface area contributed by atoms with Gasteiger partial charge in [0.2, 0.25) is 5.91 Å². The summed E-state index contributed by atoms with van der Waals surface area (Å²) in [6.07, 6.45) is 0.841. The molecule has 6 heteroatoms. The maximum absolute atomic E-state index is 11.6. The SMILES string of the molecule is COC(=O)c1ccc(N)c(N2CCCNC(=O)C2)c1. The minimum absolute atomic E-state index is 0.0413. The first-order valence-electron chi connectivity index (χ1n) is 6.11. The number of nitrogens with zero attached hydrogens (tertiary/aromatic N) is 1. The van der Waals surface area contributed by atoms with E-state index in [1.165, 1.54) is 7.11 Å². The first-order chi connectivity index (χ1) is 9.11. The van der Waals surface area contributed by atoms with Crippen LogP contribution in [0.2, 0.25) is 0 Å². The number of ether oxygens (including phenoxy) is 1. The number of rotatable bonds is 2. The van der Waals surface area contributed by atoms with Crippen LogP contribution in [0.1, 0.15) is 16.8 Å². The number of benzene rings is 1. The lowest BCUT2D eigenvalue weighted by Crippen LogP contribution is -2.33. The fourth-order valence-corrected chi connectivity index (χ4v) is 2.07. The maximum Gasteiger partial charge on any atom is 0.337 e. The lowest BCUT2D eigenvalue weighted by atomic mass is 10.1. The highest BCUT2D eigenvalue weighted by Gasteiger charge is 2.18. The van der Waals surface area contributed by atoms with E-state index in [0.717, 1.165) is 6.42 Å². The Morgan fingerprint density at radius 3 is 3.00 bits per heavy atom. The number of carbonyl (C=O) groups is 2. The van der Waals surface area contributed by atoms with Crippen molar-refractivity contribution in [1.29, 1.82) is 0 Å². The molecule has 6 nitrogen and oxygen atoms in total. The zero-order chi connectivity index (χ0) is 13.8. The monoisotopic (exact) mass is 263 g/mol. The molecule has 0 atom stereocenters. The number of amides is 1. The third-order valence-electron chi connectivity index (χ3n) is 3.05. The Morgan fingerprint density at radius 1 is 1.47 bits per heavy atom. The van der Waals surface area contributed by atoms with Gasteiger partial charge in [0.05, 0.1) is 30.6 Å². The first kappa shape index (κ1) is 13.2. The fourth-order valence-electron chi connectivity index (χ4n) is 2.07. The molecule has 1 aromatic carbocycles. The number of anilines is 2. The highest BCUT2D eigenvalue weighted by molar-refractivity contribution is 5.92. The Labute approximate surface area is 111 Å². The summed E-state index contributed by atoms with van der Waals surface area (Å²) in [4.78, 5) is 25.0. The van der Waals surface area contributed by atoms with Crippen LogP contribution >= 0.6 is 0 Å². The molecule has 1 fully saturated rings. The van der Waals surface area contributed by atoms with E-state index >= 15 is 0 Å². The van der Waals surface area contributed by atoms with Crippen LogP contribution in [0.15, 0.2) is 18.2 Å². The standard InChI is InChI=1S/C13H17N3O3/c1-19-13(18)9-3-4-10(14)11(7-9)16-6-2-5-15-12(17)8-16/h3-4,7H,2,5-6,8,14H2,1H3,(H,15,17). The Bertz CT molecular complexity index is 502. The van der Waals surface area contributed by atoms with Crippen molar-refractivity contribution in [2.24, 2.45) is 0 Å². The number of esters is 1. The second-order valence-corrected chi connectivity index (χ2v) is 4.39. The number of nitrogen functional groups attached to an aromatic ring is 1. The number of methoxy groups -OCH3 is 1. The minimum atomic E-state index is -0.416. The number of hydrogen-bond donors (Lipinski definition) is 2. The summed E-state index contributed by atoms with van der Waals surface area (Å²) in [6, 6.07) is 4.94.